The van der Waals surface area contributed by atoms with E-state index in [0.29, 0.717) is 25.0 Å². The molecule has 0 amide bonds. The first-order valence-electron chi connectivity index (χ1n) is 7.35. The van der Waals surface area contributed by atoms with Gasteiger partial charge < -0.3 is 15.5 Å². The summed E-state index contributed by atoms with van der Waals surface area (Å²) in [6.45, 7) is 6.84. The third-order valence-electron chi connectivity index (χ3n) is 4.92. The van der Waals surface area contributed by atoms with Crippen molar-refractivity contribution in [3.8, 4) is 0 Å². The number of alkyl halides is 1. The molecule has 2 unspecified atom stereocenters. The van der Waals surface area contributed by atoms with Crippen LogP contribution in [0.15, 0.2) is 6.33 Å². The monoisotopic (exact) mass is 277 g/mol. The van der Waals surface area contributed by atoms with Crippen molar-refractivity contribution in [3.05, 3.63) is 11.9 Å². The fraction of sp³-hybridized carbons (Fsp3) is 0.714. The summed E-state index contributed by atoms with van der Waals surface area (Å²) in [6, 6.07) is 0.780. The van der Waals surface area contributed by atoms with Crippen LogP contribution >= 0.6 is 0 Å². The lowest BCUT2D eigenvalue weighted by Crippen LogP contribution is -2.55. The lowest BCUT2D eigenvalue weighted by atomic mass is 9.98. The van der Waals surface area contributed by atoms with E-state index < -0.39 is 6.17 Å². The third-order valence-corrected chi connectivity index (χ3v) is 4.92. The summed E-state index contributed by atoms with van der Waals surface area (Å²) in [7, 11) is 0. The molecule has 1 spiro atoms. The molecule has 1 aromatic rings. The van der Waals surface area contributed by atoms with Gasteiger partial charge in [-0.05, 0) is 20.3 Å². The molecule has 1 aliphatic carbocycles. The maximum Gasteiger partial charge on any atom is 0.138 e. The summed E-state index contributed by atoms with van der Waals surface area (Å²) < 4.78 is 13.9. The topological polar surface area (TPSA) is 53.1 Å². The van der Waals surface area contributed by atoms with Crippen LogP contribution in [0.25, 0.3) is 0 Å². The van der Waals surface area contributed by atoms with Crippen LogP contribution in [-0.2, 0) is 5.41 Å². The largest absolute Gasteiger partial charge is 0.369 e. The highest BCUT2D eigenvalue weighted by Crippen LogP contribution is 2.58. The number of piperazine rings is 1. The standard InChI is InChI=1S/C14H20FN5/c1-8-5-20(9(2)4-16-8)13-11-12(18-7-19-13)17-6-14(11)3-10(14)15/h7-10,16H,3-6H2,1-2H3,(H,17,18,19)/t8-,9+,10?,14?/m1/s1. The van der Waals surface area contributed by atoms with Gasteiger partial charge >= 0.3 is 0 Å². The summed E-state index contributed by atoms with van der Waals surface area (Å²) in [4.78, 5) is 11.1. The molecule has 4 atom stereocenters. The molecule has 108 valence electrons. The van der Waals surface area contributed by atoms with Crippen molar-refractivity contribution in [2.45, 2.75) is 43.9 Å². The van der Waals surface area contributed by atoms with Gasteiger partial charge in [0.1, 0.15) is 24.1 Å². The van der Waals surface area contributed by atoms with E-state index in [2.05, 4.69) is 39.3 Å². The minimum absolute atomic E-state index is 0.361. The maximum absolute atomic E-state index is 13.9. The Kier molecular flexibility index (Phi) is 2.49. The van der Waals surface area contributed by atoms with E-state index in [1.165, 1.54) is 0 Å². The highest BCUT2D eigenvalue weighted by atomic mass is 19.1. The van der Waals surface area contributed by atoms with Crippen molar-refractivity contribution >= 4 is 11.6 Å². The van der Waals surface area contributed by atoms with E-state index in [4.69, 9.17) is 0 Å². The van der Waals surface area contributed by atoms with Crippen molar-refractivity contribution in [1.82, 2.24) is 15.3 Å². The average molecular weight is 277 g/mol. The number of hydrogen-bond acceptors (Lipinski definition) is 5. The van der Waals surface area contributed by atoms with Gasteiger partial charge in [-0.3, -0.25) is 0 Å². The van der Waals surface area contributed by atoms with E-state index in [9.17, 15) is 4.39 Å². The average Bonchev–Trinajstić information content (AvgIpc) is 2.93. The molecule has 0 aromatic carbocycles. The molecule has 6 heteroatoms. The SMILES string of the molecule is C[C@@H]1CN(c2ncnc3c2C2(CN3)CC2F)[C@@H](C)CN1. The maximum atomic E-state index is 13.9. The van der Waals surface area contributed by atoms with E-state index in [1.807, 2.05) is 0 Å². The predicted octanol–water partition coefficient (Wildman–Crippen LogP) is 1.07. The van der Waals surface area contributed by atoms with Gasteiger partial charge in [0.05, 0.1) is 5.41 Å². The second-order valence-corrected chi connectivity index (χ2v) is 6.41. The number of hydrogen-bond donors (Lipinski definition) is 2. The van der Waals surface area contributed by atoms with Crippen molar-refractivity contribution < 1.29 is 4.39 Å². The van der Waals surface area contributed by atoms with Gasteiger partial charge in [-0.15, -0.1) is 0 Å². The molecule has 20 heavy (non-hydrogen) atoms. The summed E-state index contributed by atoms with van der Waals surface area (Å²) in [6.07, 6.45) is 1.44. The fourth-order valence-corrected chi connectivity index (χ4v) is 3.54. The van der Waals surface area contributed by atoms with E-state index in [1.54, 1.807) is 6.33 Å². The first kappa shape index (κ1) is 12.3. The smallest absolute Gasteiger partial charge is 0.138 e. The van der Waals surface area contributed by atoms with Crippen molar-refractivity contribution in [1.29, 1.82) is 0 Å². The Labute approximate surface area is 118 Å². The number of nitrogens with zero attached hydrogens (tertiary/aromatic N) is 3. The van der Waals surface area contributed by atoms with E-state index >= 15 is 0 Å². The summed E-state index contributed by atoms with van der Waals surface area (Å²) in [5, 5.41) is 6.72. The Morgan fingerprint density at radius 2 is 2.20 bits per heavy atom. The number of halogens is 1. The van der Waals surface area contributed by atoms with Gasteiger partial charge in [-0.2, -0.15) is 0 Å². The molecule has 1 saturated heterocycles. The number of nitrogens with one attached hydrogen (secondary N) is 2. The lowest BCUT2D eigenvalue weighted by molar-refractivity contribution is 0.415. The van der Waals surface area contributed by atoms with Gasteiger partial charge in [-0.1, -0.05) is 0 Å². The van der Waals surface area contributed by atoms with Crippen molar-refractivity contribution in [2.24, 2.45) is 0 Å². The summed E-state index contributed by atoms with van der Waals surface area (Å²) >= 11 is 0. The van der Waals surface area contributed by atoms with Crippen LogP contribution in [-0.4, -0.2) is 47.9 Å². The van der Waals surface area contributed by atoms with Crippen LogP contribution < -0.4 is 15.5 Å². The van der Waals surface area contributed by atoms with Crippen LogP contribution in [0.4, 0.5) is 16.0 Å². The quantitative estimate of drug-likeness (QED) is 0.804. The van der Waals surface area contributed by atoms with Crippen LogP contribution in [0.1, 0.15) is 25.8 Å². The molecule has 2 fully saturated rings. The Balaban J connectivity index is 1.78. The molecule has 1 aromatic heterocycles. The second kappa shape index (κ2) is 4.04. The fourth-order valence-electron chi connectivity index (χ4n) is 3.54. The normalized spacial score (nSPS) is 38.8. The summed E-state index contributed by atoms with van der Waals surface area (Å²) in [5.74, 6) is 1.76. The van der Waals surface area contributed by atoms with Gasteiger partial charge in [0, 0.05) is 37.3 Å². The predicted molar refractivity (Wildman–Crippen MR) is 76.0 cm³/mol. The number of anilines is 2. The Morgan fingerprint density at radius 3 is 2.95 bits per heavy atom. The molecule has 4 rings (SSSR count). The zero-order chi connectivity index (χ0) is 13.9. The molecule has 0 bridgehead atoms. The van der Waals surface area contributed by atoms with Gasteiger partial charge in [0.15, 0.2) is 0 Å². The molecule has 2 N–H and O–H groups in total. The number of rotatable bonds is 1. The third kappa shape index (κ3) is 1.57. The molecule has 3 aliphatic rings. The highest BCUT2D eigenvalue weighted by Gasteiger charge is 2.62. The Morgan fingerprint density at radius 1 is 1.40 bits per heavy atom. The molecule has 5 nitrogen and oxygen atoms in total. The Bertz CT molecular complexity index is 550. The molecule has 3 heterocycles. The second-order valence-electron chi connectivity index (χ2n) is 6.41. The first-order chi connectivity index (χ1) is 9.62. The number of fused-ring (bicyclic) bond motifs is 2. The van der Waals surface area contributed by atoms with E-state index in [0.717, 1.165) is 30.3 Å². The Hall–Kier alpha value is -1.43. The molecular weight excluding hydrogens is 257 g/mol. The van der Waals surface area contributed by atoms with Crippen LogP contribution in [0.2, 0.25) is 0 Å². The summed E-state index contributed by atoms with van der Waals surface area (Å²) in [5.41, 5.74) is 0.646. The van der Waals surface area contributed by atoms with Gasteiger partial charge in [0.2, 0.25) is 0 Å². The van der Waals surface area contributed by atoms with Gasteiger partial charge in [0.25, 0.3) is 0 Å². The zero-order valence-electron chi connectivity index (χ0n) is 11.9. The van der Waals surface area contributed by atoms with Crippen LogP contribution in [0.3, 0.4) is 0 Å². The molecular formula is C14H20FN5. The number of aromatic nitrogens is 2. The minimum Gasteiger partial charge on any atom is -0.369 e. The van der Waals surface area contributed by atoms with Crippen LogP contribution in [0, 0.1) is 0 Å². The van der Waals surface area contributed by atoms with Gasteiger partial charge in [-0.25, -0.2) is 14.4 Å². The van der Waals surface area contributed by atoms with Crippen LogP contribution in [0.5, 0.6) is 0 Å². The molecule has 2 aliphatic heterocycles. The van der Waals surface area contributed by atoms with Crippen molar-refractivity contribution in [3.63, 3.8) is 0 Å². The lowest BCUT2D eigenvalue weighted by Gasteiger charge is -2.39. The van der Waals surface area contributed by atoms with Crippen molar-refractivity contribution in [2.75, 3.05) is 29.9 Å². The highest BCUT2D eigenvalue weighted by molar-refractivity contribution is 5.70. The first-order valence-corrected chi connectivity index (χ1v) is 7.35. The minimum atomic E-state index is -0.753. The zero-order valence-corrected chi connectivity index (χ0v) is 11.9. The molecule has 1 saturated carbocycles. The molecule has 0 radical (unpaired) electrons. The van der Waals surface area contributed by atoms with E-state index in [-0.39, 0.29) is 5.41 Å².